The number of rotatable bonds is 9. The maximum atomic E-state index is 2.78. The van der Waals surface area contributed by atoms with Crippen LogP contribution in [0, 0.1) is 22.2 Å². The summed E-state index contributed by atoms with van der Waals surface area (Å²) in [5.41, 5.74) is 17.6. The summed E-state index contributed by atoms with van der Waals surface area (Å²) in [4.78, 5) is 0. The average molecular weight is 847 g/mol. The molecule has 54 heavy (non-hydrogen) atoms. The standard InChI is InChI=1S/C31H37.C11H17.C9H18.2ClH.Zr/c1-28(2,3)26-16-30(7,8)24-12-18-11-19-13-25-23(15-21(19)20(18)14-22(24)26)27(29(4,5)6)17-31(25,9)10;1-5-9-6-7-10(8-9)11(2,3)4;1-3-5-7-9-8-6-4-2;;;/h11-17H,1-10H3;7-9H,5H2,1-4H3;3-8H2,1-2H3;2*1H;/q;;;;;+2/p-2. The molecule has 0 nitrogen and oxygen atoms in total. The minimum absolute atomic E-state index is 0. The fourth-order valence-electron chi connectivity index (χ4n) is 9.90. The van der Waals surface area contributed by atoms with Gasteiger partial charge in [-0.15, -0.1) is 0 Å². The Kier molecular flexibility index (Phi) is 13.3. The third-order valence-electron chi connectivity index (χ3n) is 12.9. The number of halogens is 2. The molecule has 2 aromatic rings. The van der Waals surface area contributed by atoms with E-state index in [1.807, 2.05) is 6.49 Å². The van der Waals surface area contributed by atoms with E-state index in [2.05, 4.69) is 159 Å². The van der Waals surface area contributed by atoms with Gasteiger partial charge in [-0.3, -0.25) is 0 Å². The van der Waals surface area contributed by atoms with Crippen molar-refractivity contribution in [2.75, 3.05) is 0 Å². The second-order valence-corrected chi connectivity index (χ2v) is 27.8. The van der Waals surface area contributed by atoms with E-state index in [-0.39, 0.29) is 51.9 Å². The third kappa shape index (κ3) is 8.07. The Morgan fingerprint density at radius 1 is 0.611 bits per heavy atom. The van der Waals surface area contributed by atoms with Crippen LogP contribution in [-0.2, 0) is 32.1 Å². The summed E-state index contributed by atoms with van der Waals surface area (Å²) in [5, 5.41) is 0. The van der Waals surface area contributed by atoms with Crippen molar-refractivity contribution in [2.24, 2.45) is 22.2 Å². The monoisotopic (exact) mass is 844 g/mol. The van der Waals surface area contributed by atoms with Crippen molar-refractivity contribution in [1.82, 2.24) is 0 Å². The molecule has 0 radical (unpaired) electrons. The van der Waals surface area contributed by atoms with Gasteiger partial charge in [0, 0.05) is 0 Å². The van der Waals surface area contributed by atoms with Crippen molar-refractivity contribution >= 4 is 14.4 Å². The van der Waals surface area contributed by atoms with Gasteiger partial charge in [0.15, 0.2) is 0 Å². The Balaban J connectivity index is 0.00000325. The van der Waals surface area contributed by atoms with Gasteiger partial charge in [-0.2, -0.15) is 0 Å². The number of allylic oxidation sites excluding steroid dienone is 8. The zero-order chi connectivity index (χ0) is 38.3. The maximum absolute atomic E-state index is 2.78. The average Bonchev–Trinajstić information content (AvgIpc) is 3.75. The van der Waals surface area contributed by atoms with Gasteiger partial charge in [-0.1, -0.05) is 0 Å². The second kappa shape index (κ2) is 15.8. The first-order valence-electron chi connectivity index (χ1n) is 21.1. The summed E-state index contributed by atoms with van der Waals surface area (Å²) in [6.07, 6.45) is 19.8. The number of fused-ring (bicyclic) bond motifs is 5. The molecular formula is C51H72Cl2Zr. The van der Waals surface area contributed by atoms with Crippen molar-refractivity contribution in [3.8, 4) is 11.1 Å². The van der Waals surface area contributed by atoms with E-state index in [1.54, 1.807) is 39.0 Å². The van der Waals surface area contributed by atoms with Gasteiger partial charge < -0.3 is 24.8 Å². The predicted octanol–water partition coefficient (Wildman–Crippen LogP) is 9.27. The molecule has 1 unspecified atom stereocenters. The second-order valence-electron chi connectivity index (χ2n) is 21.2. The molecule has 0 saturated carbocycles. The molecular weight excluding hydrogens is 775 g/mol. The summed E-state index contributed by atoms with van der Waals surface area (Å²) < 4.78 is 4.41. The molecule has 0 aromatic heterocycles. The Bertz CT molecular complexity index is 1830. The zero-order valence-corrected chi connectivity index (χ0v) is 40.9. The fourth-order valence-corrected chi connectivity index (χ4v) is 20.1. The van der Waals surface area contributed by atoms with Crippen LogP contribution in [0.2, 0.25) is 0 Å². The van der Waals surface area contributed by atoms with Crippen LogP contribution in [0.3, 0.4) is 0 Å². The number of unbranched alkanes of at least 4 members (excludes halogenated alkanes) is 2. The molecule has 0 fully saturated rings. The Hall–Kier alpha value is -1.27. The Morgan fingerprint density at radius 2 is 1.04 bits per heavy atom. The Morgan fingerprint density at radius 3 is 1.39 bits per heavy atom. The summed E-state index contributed by atoms with van der Waals surface area (Å²) in [7, 11) is 0. The van der Waals surface area contributed by atoms with Crippen molar-refractivity contribution in [1.29, 1.82) is 0 Å². The van der Waals surface area contributed by atoms with Gasteiger partial charge in [0.05, 0.1) is 0 Å². The van der Waals surface area contributed by atoms with Crippen LogP contribution in [0.1, 0.15) is 193 Å². The molecule has 0 aliphatic heterocycles. The van der Waals surface area contributed by atoms with Crippen LogP contribution in [0.4, 0.5) is 0 Å². The van der Waals surface area contributed by atoms with E-state index in [1.165, 1.54) is 67.2 Å². The van der Waals surface area contributed by atoms with Gasteiger partial charge in [-0.05, 0) is 0 Å². The SMILES string of the molecule is CCCC[C](CCCC)=[Zr+2]([C]1=CC(C(C)(C)C)=CC1CC)[CH]1c2cc3c(cc2-c2cc4c(cc21)C(C)(C)C=C4C(C)(C)C)C(C(C)(C)C)=CC3(C)C.[Cl-].[Cl-]. The summed E-state index contributed by atoms with van der Waals surface area (Å²) in [6.45, 7) is 38.9. The molecule has 6 rings (SSSR count). The summed E-state index contributed by atoms with van der Waals surface area (Å²) >= 11 is -2.61. The number of hydrogen-bond acceptors (Lipinski definition) is 0. The van der Waals surface area contributed by atoms with Gasteiger partial charge >= 0.3 is 330 Å². The molecule has 1 atom stereocenters. The molecule has 0 spiro atoms. The van der Waals surface area contributed by atoms with Gasteiger partial charge in [0.25, 0.3) is 0 Å². The molecule has 4 aliphatic carbocycles. The minimum Gasteiger partial charge on any atom is -1.00 e. The van der Waals surface area contributed by atoms with Crippen LogP contribution in [-0.4, -0.2) is 3.21 Å². The predicted molar refractivity (Wildman–Crippen MR) is 228 cm³/mol. The van der Waals surface area contributed by atoms with Crippen LogP contribution in [0.5, 0.6) is 0 Å². The van der Waals surface area contributed by atoms with Gasteiger partial charge in [-0.25, -0.2) is 0 Å². The summed E-state index contributed by atoms with van der Waals surface area (Å²) in [6, 6.07) is 10.9. The van der Waals surface area contributed by atoms with E-state index < -0.39 is 21.3 Å². The zero-order valence-electron chi connectivity index (χ0n) is 37.0. The molecule has 2 aromatic carbocycles. The molecule has 0 saturated heterocycles. The topological polar surface area (TPSA) is 0 Å². The molecule has 0 bridgehead atoms. The van der Waals surface area contributed by atoms with Crippen LogP contribution in [0.25, 0.3) is 22.3 Å². The largest absolute Gasteiger partial charge is 1.00 e. The van der Waals surface area contributed by atoms with E-state index in [0.717, 1.165) is 0 Å². The van der Waals surface area contributed by atoms with Crippen LogP contribution < -0.4 is 24.8 Å². The first-order chi connectivity index (χ1) is 24.0. The third-order valence-corrected chi connectivity index (χ3v) is 21.8. The van der Waals surface area contributed by atoms with Crippen molar-refractivity contribution in [3.05, 3.63) is 90.8 Å². The first-order valence-corrected chi connectivity index (χ1v) is 24.9. The molecule has 3 heteroatoms. The van der Waals surface area contributed by atoms with Crippen molar-refractivity contribution < 1.29 is 46.1 Å². The fraction of sp³-hybridized carbons (Fsp3) is 0.588. The van der Waals surface area contributed by atoms with E-state index in [4.69, 9.17) is 0 Å². The molecule has 294 valence electrons. The van der Waals surface area contributed by atoms with Crippen molar-refractivity contribution in [2.45, 2.75) is 170 Å². The maximum Gasteiger partial charge on any atom is -1.00 e. The van der Waals surface area contributed by atoms with Gasteiger partial charge in [0.2, 0.25) is 0 Å². The van der Waals surface area contributed by atoms with E-state index in [0.29, 0.717) is 9.54 Å². The number of benzene rings is 2. The van der Waals surface area contributed by atoms with Crippen molar-refractivity contribution in [3.63, 3.8) is 0 Å². The molecule has 0 N–H and O–H groups in total. The van der Waals surface area contributed by atoms with Crippen LogP contribution >= 0.6 is 0 Å². The van der Waals surface area contributed by atoms with E-state index >= 15 is 0 Å². The quantitative estimate of drug-likeness (QED) is 0.236. The molecule has 4 aliphatic rings. The first kappa shape index (κ1) is 45.4. The molecule has 0 amide bonds. The summed E-state index contributed by atoms with van der Waals surface area (Å²) in [5.74, 6) is 0.578. The molecule has 0 heterocycles. The Labute approximate surface area is 352 Å². The number of hydrogen-bond donors (Lipinski definition) is 0. The van der Waals surface area contributed by atoms with E-state index in [9.17, 15) is 0 Å². The van der Waals surface area contributed by atoms with Gasteiger partial charge in [0.1, 0.15) is 0 Å². The normalized spacial score (nSPS) is 19.3. The minimum atomic E-state index is -2.61. The van der Waals surface area contributed by atoms with Crippen LogP contribution in [0.15, 0.2) is 57.4 Å². The smallest absolute Gasteiger partial charge is 1.00 e.